The van der Waals surface area contributed by atoms with Gasteiger partial charge in [-0.15, -0.1) is 10.2 Å². The monoisotopic (exact) mass is 451 g/mol. The normalized spacial score (nSPS) is 14.5. The highest BCUT2D eigenvalue weighted by Gasteiger charge is 2.28. The van der Waals surface area contributed by atoms with E-state index in [4.69, 9.17) is 9.15 Å². The summed E-state index contributed by atoms with van der Waals surface area (Å²) in [6, 6.07) is 12.3. The molecule has 0 saturated heterocycles. The Balaban J connectivity index is 1.45. The zero-order valence-electron chi connectivity index (χ0n) is 19.2. The summed E-state index contributed by atoms with van der Waals surface area (Å²) in [4.78, 5) is 26.6. The van der Waals surface area contributed by atoms with Crippen molar-refractivity contribution >= 4 is 11.8 Å². The van der Waals surface area contributed by atoms with Crippen LogP contribution in [0.25, 0.3) is 0 Å². The SMILES string of the molecule is CC(=O)NC(CC(C)C)c1nnc2n1CCN(C(=O)c1ccc(Oc3ccccc3)o1)CC2. The lowest BCUT2D eigenvalue weighted by atomic mass is 10.0. The Morgan fingerprint density at radius 2 is 1.88 bits per heavy atom. The minimum absolute atomic E-state index is 0.102. The Morgan fingerprint density at radius 3 is 2.61 bits per heavy atom. The van der Waals surface area contributed by atoms with Crippen molar-refractivity contribution in [1.82, 2.24) is 25.0 Å². The average Bonchev–Trinajstić information content (AvgIpc) is 3.35. The Morgan fingerprint density at radius 1 is 1.09 bits per heavy atom. The van der Waals surface area contributed by atoms with Crippen LogP contribution in [0.1, 0.15) is 55.4 Å². The first kappa shape index (κ1) is 22.6. The van der Waals surface area contributed by atoms with Crippen LogP contribution < -0.4 is 10.1 Å². The number of fused-ring (bicyclic) bond motifs is 1. The van der Waals surface area contributed by atoms with Crippen LogP contribution in [0, 0.1) is 5.92 Å². The van der Waals surface area contributed by atoms with Crippen LogP contribution in [-0.2, 0) is 17.8 Å². The lowest BCUT2D eigenvalue weighted by Crippen LogP contribution is -2.34. The third-order valence-corrected chi connectivity index (χ3v) is 5.49. The number of aromatic nitrogens is 3. The zero-order chi connectivity index (χ0) is 23.4. The molecule has 33 heavy (non-hydrogen) atoms. The summed E-state index contributed by atoms with van der Waals surface area (Å²) in [6.07, 6.45) is 1.33. The molecule has 3 aromatic rings. The molecule has 174 valence electrons. The highest BCUT2D eigenvalue weighted by Crippen LogP contribution is 2.25. The molecule has 0 aliphatic carbocycles. The lowest BCUT2D eigenvalue weighted by molar-refractivity contribution is -0.119. The molecule has 0 fully saturated rings. The molecule has 1 unspecified atom stereocenters. The predicted molar refractivity (Wildman–Crippen MR) is 121 cm³/mol. The van der Waals surface area contributed by atoms with Gasteiger partial charge in [0.15, 0.2) is 11.6 Å². The molecule has 1 atom stereocenters. The van der Waals surface area contributed by atoms with Gasteiger partial charge < -0.3 is 23.9 Å². The maximum absolute atomic E-state index is 13.1. The number of rotatable bonds is 7. The smallest absolute Gasteiger partial charge is 0.290 e. The summed E-state index contributed by atoms with van der Waals surface area (Å²) in [6.45, 7) is 7.25. The highest BCUT2D eigenvalue weighted by atomic mass is 16.6. The molecule has 0 radical (unpaired) electrons. The Hall–Kier alpha value is -3.62. The maximum atomic E-state index is 13.1. The molecule has 2 amide bonds. The average molecular weight is 452 g/mol. The van der Waals surface area contributed by atoms with Crippen LogP contribution >= 0.6 is 0 Å². The highest BCUT2D eigenvalue weighted by molar-refractivity contribution is 5.91. The van der Waals surface area contributed by atoms with Gasteiger partial charge in [0.25, 0.3) is 11.9 Å². The van der Waals surface area contributed by atoms with Gasteiger partial charge in [-0.3, -0.25) is 9.59 Å². The second kappa shape index (κ2) is 9.89. The van der Waals surface area contributed by atoms with Gasteiger partial charge in [-0.05, 0) is 30.5 Å². The third kappa shape index (κ3) is 5.42. The second-order valence-electron chi connectivity index (χ2n) is 8.58. The van der Waals surface area contributed by atoms with Crippen molar-refractivity contribution in [3.05, 3.63) is 59.9 Å². The van der Waals surface area contributed by atoms with E-state index in [-0.39, 0.29) is 29.6 Å². The number of para-hydroxylation sites is 1. The van der Waals surface area contributed by atoms with Gasteiger partial charge in [0, 0.05) is 39.0 Å². The molecule has 0 saturated carbocycles. The van der Waals surface area contributed by atoms with Crippen LogP contribution in [0.15, 0.2) is 46.9 Å². The summed E-state index contributed by atoms with van der Waals surface area (Å²) in [5.41, 5.74) is 0. The predicted octanol–water partition coefficient (Wildman–Crippen LogP) is 3.59. The quantitative estimate of drug-likeness (QED) is 0.589. The van der Waals surface area contributed by atoms with E-state index in [2.05, 4.69) is 29.4 Å². The van der Waals surface area contributed by atoms with Crippen LogP contribution in [0.3, 0.4) is 0 Å². The van der Waals surface area contributed by atoms with Crippen molar-refractivity contribution < 1.29 is 18.7 Å². The number of furan rings is 1. The summed E-state index contributed by atoms with van der Waals surface area (Å²) in [5.74, 6) is 2.77. The summed E-state index contributed by atoms with van der Waals surface area (Å²) >= 11 is 0. The van der Waals surface area contributed by atoms with Gasteiger partial charge in [-0.25, -0.2) is 0 Å². The molecular formula is C24H29N5O4. The van der Waals surface area contributed by atoms with Crippen molar-refractivity contribution in [2.24, 2.45) is 5.92 Å². The van der Waals surface area contributed by atoms with E-state index in [9.17, 15) is 9.59 Å². The van der Waals surface area contributed by atoms with Crippen molar-refractivity contribution in [1.29, 1.82) is 0 Å². The van der Waals surface area contributed by atoms with Crippen molar-refractivity contribution in [3.63, 3.8) is 0 Å². The van der Waals surface area contributed by atoms with Gasteiger partial charge in [0.05, 0.1) is 6.04 Å². The fourth-order valence-electron chi connectivity index (χ4n) is 4.00. The van der Waals surface area contributed by atoms with Gasteiger partial charge in [0.1, 0.15) is 11.6 Å². The molecule has 1 aliphatic rings. The largest absolute Gasteiger partial charge is 0.426 e. The molecule has 9 heteroatoms. The van der Waals surface area contributed by atoms with Crippen molar-refractivity contribution in [3.8, 4) is 11.7 Å². The minimum Gasteiger partial charge on any atom is -0.426 e. The Bertz CT molecular complexity index is 1110. The molecule has 1 N–H and O–H groups in total. The Kier molecular flexibility index (Phi) is 6.76. The number of ether oxygens (including phenoxy) is 1. The number of amides is 2. The van der Waals surface area contributed by atoms with Crippen LogP contribution in [0.2, 0.25) is 0 Å². The molecule has 1 aromatic carbocycles. The first-order chi connectivity index (χ1) is 15.9. The number of hydrogen-bond donors (Lipinski definition) is 1. The van der Waals surface area contributed by atoms with Gasteiger partial charge in [0.2, 0.25) is 5.91 Å². The van der Waals surface area contributed by atoms with Crippen molar-refractivity contribution in [2.45, 2.75) is 46.2 Å². The number of carbonyl (C=O) groups excluding carboxylic acids is 2. The van der Waals surface area contributed by atoms with Crippen LogP contribution in [0.5, 0.6) is 11.7 Å². The molecule has 1 aliphatic heterocycles. The van der Waals surface area contributed by atoms with E-state index >= 15 is 0 Å². The first-order valence-electron chi connectivity index (χ1n) is 11.2. The minimum atomic E-state index is -0.214. The van der Waals surface area contributed by atoms with E-state index in [0.29, 0.717) is 37.7 Å². The maximum Gasteiger partial charge on any atom is 0.290 e. The zero-order valence-corrected chi connectivity index (χ0v) is 19.2. The molecule has 3 heterocycles. The second-order valence-corrected chi connectivity index (χ2v) is 8.58. The van der Waals surface area contributed by atoms with E-state index < -0.39 is 0 Å². The molecule has 0 bridgehead atoms. The number of benzene rings is 1. The fraction of sp³-hybridized carbons (Fsp3) is 0.417. The molecule has 0 spiro atoms. The van der Waals surface area contributed by atoms with Gasteiger partial charge >= 0.3 is 0 Å². The number of hydrogen-bond acceptors (Lipinski definition) is 6. The summed E-state index contributed by atoms with van der Waals surface area (Å²) in [5, 5.41) is 11.7. The number of nitrogens with zero attached hydrogens (tertiary/aromatic N) is 4. The van der Waals surface area contributed by atoms with E-state index in [1.165, 1.54) is 6.92 Å². The molecule has 9 nitrogen and oxygen atoms in total. The van der Waals surface area contributed by atoms with Crippen molar-refractivity contribution in [2.75, 3.05) is 13.1 Å². The standard InChI is InChI=1S/C24H29N5O4/c1-16(2)15-19(25-17(3)30)23-27-26-21-11-12-28(13-14-29(21)23)24(31)20-9-10-22(33-20)32-18-7-5-4-6-8-18/h4-10,16,19H,11-15H2,1-3H3,(H,25,30). The Labute approximate surface area is 192 Å². The third-order valence-electron chi connectivity index (χ3n) is 5.49. The van der Waals surface area contributed by atoms with Crippen LogP contribution in [-0.4, -0.2) is 44.6 Å². The summed E-state index contributed by atoms with van der Waals surface area (Å²) in [7, 11) is 0. The van der Waals surface area contributed by atoms with Gasteiger partial charge in [-0.1, -0.05) is 32.0 Å². The number of carbonyl (C=O) groups is 2. The van der Waals surface area contributed by atoms with E-state index in [1.807, 2.05) is 34.9 Å². The molecule has 2 aromatic heterocycles. The molecular weight excluding hydrogens is 422 g/mol. The first-order valence-corrected chi connectivity index (χ1v) is 11.2. The number of nitrogens with one attached hydrogen (secondary N) is 1. The van der Waals surface area contributed by atoms with E-state index in [0.717, 1.165) is 18.1 Å². The van der Waals surface area contributed by atoms with Crippen LogP contribution in [0.4, 0.5) is 0 Å². The van der Waals surface area contributed by atoms with E-state index in [1.54, 1.807) is 17.0 Å². The van der Waals surface area contributed by atoms with Gasteiger partial charge in [-0.2, -0.15) is 0 Å². The topological polar surface area (TPSA) is 102 Å². The fourth-order valence-corrected chi connectivity index (χ4v) is 4.00. The lowest BCUT2D eigenvalue weighted by Gasteiger charge is -2.21. The molecule has 4 rings (SSSR count). The summed E-state index contributed by atoms with van der Waals surface area (Å²) < 4.78 is 13.4.